The summed E-state index contributed by atoms with van der Waals surface area (Å²) < 4.78 is 31.4. The number of esters is 1. The average Bonchev–Trinajstić information content (AvgIpc) is 2.45. The standard InChI is InChI=1S/C15H24N2O4S.ClH/c1-11-6-7-13(12(8-11)14(18)21-5)22(19,20)17(4)10-15(2,3)9-16;/h6-8H,9-10,16H2,1-5H3;1H. The van der Waals surface area contributed by atoms with Crippen LogP contribution in [0, 0.1) is 12.3 Å². The van der Waals surface area contributed by atoms with Crippen molar-refractivity contribution in [2.45, 2.75) is 25.7 Å². The Labute approximate surface area is 144 Å². The van der Waals surface area contributed by atoms with Crippen LogP contribution in [-0.4, -0.2) is 45.9 Å². The molecule has 0 atom stereocenters. The van der Waals surface area contributed by atoms with E-state index >= 15 is 0 Å². The molecule has 0 amide bonds. The molecular formula is C15H25ClN2O4S. The lowest BCUT2D eigenvalue weighted by Gasteiger charge is -2.28. The Morgan fingerprint density at radius 2 is 1.91 bits per heavy atom. The summed E-state index contributed by atoms with van der Waals surface area (Å²) in [5, 5.41) is 0. The Morgan fingerprint density at radius 1 is 1.35 bits per heavy atom. The molecule has 132 valence electrons. The van der Waals surface area contributed by atoms with Crippen LogP contribution in [0.4, 0.5) is 0 Å². The van der Waals surface area contributed by atoms with E-state index in [2.05, 4.69) is 4.74 Å². The van der Waals surface area contributed by atoms with Gasteiger partial charge >= 0.3 is 5.97 Å². The Balaban J connectivity index is 0.00000484. The largest absolute Gasteiger partial charge is 0.465 e. The minimum atomic E-state index is -3.81. The highest BCUT2D eigenvalue weighted by molar-refractivity contribution is 7.89. The minimum absolute atomic E-state index is 0. The first-order chi connectivity index (χ1) is 10.0. The van der Waals surface area contributed by atoms with E-state index in [1.807, 2.05) is 13.8 Å². The molecule has 0 bridgehead atoms. The molecule has 0 unspecified atom stereocenters. The molecule has 0 heterocycles. The number of halogens is 1. The van der Waals surface area contributed by atoms with Gasteiger partial charge in [-0.05, 0) is 31.0 Å². The zero-order valence-electron chi connectivity index (χ0n) is 14.1. The predicted octanol–water partition coefficient (Wildman–Crippen LogP) is 1.81. The van der Waals surface area contributed by atoms with Crippen LogP contribution in [0.3, 0.4) is 0 Å². The number of carbonyl (C=O) groups excluding carboxylic acids is 1. The second kappa shape index (κ2) is 8.10. The minimum Gasteiger partial charge on any atom is -0.465 e. The third kappa shape index (κ3) is 5.17. The number of hydrogen-bond acceptors (Lipinski definition) is 5. The van der Waals surface area contributed by atoms with Crippen molar-refractivity contribution >= 4 is 28.4 Å². The Morgan fingerprint density at radius 3 is 2.39 bits per heavy atom. The molecule has 0 aliphatic heterocycles. The molecule has 1 rings (SSSR count). The molecule has 0 aliphatic rings. The molecular weight excluding hydrogens is 340 g/mol. The topological polar surface area (TPSA) is 89.7 Å². The lowest BCUT2D eigenvalue weighted by Crippen LogP contribution is -2.40. The zero-order chi connectivity index (χ0) is 17.1. The van der Waals surface area contributed by atoms with Gasteiger partial charge in [-0.25, -0.2) is 17.5 Å². The number of aryl methyl sites for hydroxylation is 1. The Hall–Kier alpha value is -1.15. The second-order valence-corrected chi connectivity index (χ2v) is 8.13. The molecule has 6 nitrogen and oxygen atoms in total. The molecule has 0 fully saturated rings. The number of ether oxygens (including phenoxy) is 1. The van der Waals surface area contributed by atoms with Crippen LogP contribution < -0.4 is 5.73 Å². The maximum Gasteiger partial charge on any atom is 0.339 e. The van der Waals surface area contributed by atoms with Crippen LogP contribution in [0.1, 0.15) is 29.8 Å². The second-order valence-electron chi connectivity index (χ2n) is 6.12. The summed E-state index contributed by atoms with van der Waals surface area (Å²) in [5.74, 6) is -0.672. The molecule has 0 aliphatic carbocycles. The molecule has 8 heteroatoms. The van der Waals surface area contributed by atoms with Crippen LogP contribution in [0.25, 0.3) is 0 Å². The number of benzene rings is 1. The molecule has 0 radical (unpaired) electrons. The fourth-order valence-corrected chi connectivity index (χ4v) is 3.57. The Bertz CT molecular complexity index is 659. The van der Waals surface area contributed by atoms with Crippen molar-refractivity contribution in [3.8, 4) is 0 Å². The zero-order valence-corrected chi connectivity index (χ0v) is 15.8. The summed E-state index contributed by atoms with van der Waals surface area (Å²) in [6.45, 7) is 6.15. The van der Waals surface area contributed by atoms with Crippen LogP contribution in [0.5, 0.6) is 0 Å². The van der Waals surface area contributed by atoms with Crippen molar-refractivity contribution in [1.29, 1.82) is 0 Å². The van der Waals surface area contributed by atoms with E-state index in [0.717, 1.165) is 5.56 Å². The smallest absolute Gasteiger partial charge is 0.339 e. The van der Waals surface area contributed by atoms with Gasteiger partial charge in [0, 0.05) is 13.6 Å². The maximum absolute atomic E-state index is 12.8. The van der Waals surface area contributed by atoms with Gasteiger partial charge < -0.3 is 10.5 Å². The summed E-state index contributed by atoms with van der Waals surface area (Å²) in [6, 6.07) is 4.60. The van der Waals surface area contributed by atoms with Gasteiger partial charge in [-0.15, -0.1) is 12.4 Å². The summed E-state index contributed by atoms with van der Waals surface area (Å²) in [6.07, 6.45) is 0. The normalized spacial score (nSPS) is 12.0. The summed E-state index contributed by atoms with van der Waals surface area (Å²) in [7, 11) is -1.10. The summed E-state index contributed by atoms with van der Waals surface area (Å²) in [4.78, 5) is 11.8. The number of carbonyl (C=O) groups is 1. The number of methoxy groups -OCH3 is 1. The molecule has 2 N–H and O–H groups in total. The average molecular weight is 365 g/mol. The van der Waals surface area contributed by atoms with E-state index in [-0.39, 0.29) is 34.8 Å². The molecule has 1 aromatic carbocycles. The lowest BCUT2D eigenvalue weighted by molar-refractivity contribution is 0.0596. The molecule has 0 saturated heterocycles. The Kier molecular flexibility index (Phi) is 7.69. The molecule has 1 aromatic rings. The first-order valence-electron chi connectivity index (χ1n) is 6.90. The van der Waals surface area contributed by atoms with Gasteiger partial charge in [0.25, 0.3) is 0 Å². The van der Waals surface area contributed by atoms with E-state index < -0.39 is 16.0 Å². The van der Waals surface area contributed by atoms with Crippen molar-refractivity contribution in [3.05, 3.63) is 29.3 Å². The highest BCUT2D eigenvalue weighted by Gasteiger charge is 2.30. The van der Waals surface area contributed by atoms with Gasteiger partial charge in [-0.3, -0.25) is 0 Å². The van der Waals surface area contributed by atoms with Crippen molar-refractivity contribution in [1.82, 2.24) is 4.31 Å². The fourth-order valence-electron chi connectivity index (χ4n) is 2.06. The van der Waals surface area contributed by atoms with Gasteiger partial charge in [-0.1, -0.05) is 25.5 Å². The lowest BCUT2D eigenvalue weighted by atomic mass is 9.94. The van der Waals surface area contributed by atoms with E-state index in [4.69, 9.17) is 5.73 Å². The predicted molar refractivity (Wildman–Crippen MR) is 92.4 cm³/mol. The van der Waals surface area contributed by atoms with Gasteiger partial charge in [0.05, 0.1) is 17.6 Å². The number of nitrogens with zero attached hydrogens (tertiary/aromatic N) is 1. The fraction of sp³-hybridized carbons (Fsp3) is 0.533. The van der Waals surface area contributed by atoms with Crippen molar-refractivity contribution in [2.24, 2.45) is 11.1 Å². The first-order valence-corrected chi connectivity index (χ1v) is 8.34. The quantitative estimate of drug-likeness (QED) is 0.777. The maximum atomic E-state index is 12.8. The van der Waals surface area contributed by atoms with Crippen molar-refractivity contribution in [3.63, 3.8) is 0 Å². The van der Waals surface area contributed by atoms with Crippen LogP contribution >= 0.6 is 12.4 Å². The van der Waals surface area contributed by atoms with Crippen LogP contribution in [-0.2, 0) is 14.8 Å². The van der Waals surface area contributed by atoms with E-state index in [9.17, 15) is 13.2 Å². The van der Waals surface area contributed by atoms with Gasteiger partial charge in [0.2, 0.25) is 10.0 Å². The summed E-state index contributed by atoms with van der Waals surface area (Å²) >= 11 is 0. The van der Waals surface area contributed by atoms with Gasteiger partial charge in [0.15, 0.2) is 0 Å². The summed E-state index contributed by atoms with van der Waals surface area (Å²) in [5.41, 5.74) is 6.12. The monoisotopic (exact) mass is 364 g/mol. The molecule has 0 spiro atoms. The number of rotatable bonds is 6. The van der Waals surface area contributed by atoms with Gasteiger partial charge in [-0.2, -0.15) is 0 Å². The third-order valence-electron chi connectivity index (χ3n) is 3.43. The molecule has 23 heavy (non-hydrogen) atoms. The van der Waals surface area contributed by atoms with Crippen molar-refractivity contribution < 1.29 is 17.9 Å². The van der Waals surface area contributed by atoms with E-state index in [1.165, 1.54) is 30.6 Å². The molecule has 0 aromatic heterocycles. The first kappa shape index (κ1) is 21.9. The number of sulfonamides is 1. The highest BCUT2D eigenvalue weighted by atomic mass is 35.5. The van der Waals surface area contributed by atoms with Crippen LogP contribution in [0.2, 0.25) is 0 Å². The van der Waals surface area contributed by atoms with E-state index in [0.29, 0.717) is 6.54 Å². The van der Waals surface area contributed by atoms with Gasteiger partial charge in [0.1, 0.15) is 0 Å². The number of nitrogens with two attached hydrogens (primary N) is 1. The SMILES string of the molecule is COC(=O)c1cc(C)ccc1S(=O)(=O)N(C)CC(C)(C)CN.Cl. The van der Waals surface area contributed by atoms with E-state index in [1.54, 1.807) is 13.0 Å². The highest BCUT2D eigenvalue weighted by Crippen LogP contribution is 2.24. The third-order valence-corrected chi connectivity index (χ3v) is 5.29. The molecule has 0 saturated carbocycles. The number of hydrogen-bond donors (Lipinski definition) is 1. The van der Waals surface area contributed by atoms with Crippen molar-refractivity contribution in [2.75, 3.05) is 27.2 Å². The van der Waals surface area contributed by atoms with Crippen LogP contribution in [0.15, 0.2) is 23.1 Å².